The van der Waals surface area contributed by atoms with E-state index in [0.29, 0.717) is 65.7 Å². The van der Waals surface area contributed by atoms with Crippen LogP contribution in [0.25, 0.3) is 10.9 Å². The third-order valence-corrected chi connectivity index (χ3v) is 7.77. The van der Waals surface area contributed by atoms with Gasteiger partial charge in [0.05, 0.1) is 25.8 Å². The lowest BCUT2D eigenvalue weighted by molar-refractivity contribution is 0.0321. The third-order valence-electron chi connectivity index (χ3n) is 7.77. The Kier molecular flexibility index (Phi) is 10.3. The molecule has 0 atom stereocenters. The lowest BCUT2D eigenvalue weighted by Gasteiger charge is -2.26. The van der Waals surface area contributed by atoms with Crippen LogP contribution in [0.5, 0.6) is 11.5 Å². The Balaban J connectivity index is 1.25. The molecule has 0 bridgehead atoms. The van der Waals surface area contributed by atoms with E-state index >= 15 is 0 Å². The van der Waals surface area contributed by atoms with Crippen molar-refractivity contribution < 1.29 is 23.8 Å². The number of hydrogen-bond acceptors (Lipinski definition) is 8. The number of aryl methyl sites for hydroxylation is 2. The average Bonchev–Trinajstić information content (AvgIpc) is 3.04. The number of morpholine rings is 1. The molecule has 45 heavy (non-hydrogen) atoms. The maximum Gasteiger partial charge on any atom is 0.261 e. The number of rotatable bonds is 12. The fourth-order valence-electron chi connectivity index (χ4n) is 5.20. The van der Waals surface area contributed by atoms with E-state index in [-0.39, 0.29) is 11.5 Å². The monoisotopic (exact) mass is 613 g/mol. The smallest absolute Gasteiger partial charge is 0.261 e. The van der Waals surface area contributed by atoms with Gasteiger partial charge < -0.3 is 35.6 Å². The number of ether oxygens (including phenoxy) is 3. The molecule has 1 saturated heterocycles. The minimum atomic E-state index is -0.591. The van der Waals surface area contributed by atoms with Crippen molar-refractivity contribution in [3.63, 3.8) is 0 Å². The van der Waals surface area contributed by atoms with Gasteiger partial charge in [-0.2, -0.15) is 0 Å². The van der Waals surface area contributed by atoms with Crippen molar-refractivity contribution in [2.24, 2.45) is 0 Å². The van der Waals surface area contributed by atoms with Crippen molar-refractivity contribution in [2.75, 3.05) is 64.2 Å². The van der Waals surface area contributed by atoms with Gasteiger partial charge in [0.2, 0.25) is 0 Å². The summed E-state index contributed by atoms with van der Waals surface area (Å²) in [6.45, 7) is 6.62. The zero-order chi connectivity index (χ0) is 31.8. The van der Waals surface area contributed by atoms with Gasteiger partial charge in [0.25, 0.3) is 17.4 Å². The number of H-pyrrole nitrogens is 1. The Morgan fingerprint density at radius 3 is 2.62 bits per heavy atom. The molecule has 236 valence electrons. The van der Waals surface area contributed by atoms with Crippen LogP contribution in [0.2, 0.25) is 0 Å². The number of nitrogens with two attached hydrogens (primary N) is 1. The Labute approximate surface area is 261 Å². The SMILES string of the molecule is COc1cc2[nH]c(=O)c(C(=O)Nc3cc(C(=O)NCCCc4cccc(N)c4)ccc3C)cc2cc1OCCN1CCOCC1. The fraction of sp³-hybridized carbons (Fsp3) is 0.324. The summed E-state index contributed by atoms with van der Waals surface area (Å²) in [4.78, 5) is 44.2. The van der Waals surface area contributed by atoms with Crippen LogP contribution in [0.3, 0.4) is 0 Å². The summed E-state index contributed by atoms with van der Waals surface area (Å²) in [5.41, 5.74) is 9.15. The van der Waals surface area contributed by atoms with Crippen molar-refractivity contribution in [3.05, 3.63) is 93.3 Å². The van der Waals surface area contributed by atoms with Gasteiger partial charge in [-0.3, -0.25) is 19.3 Å². The topological polar surface area (TPSA) is 148 Å². The quantitative estimate of drug-likeness (QED) is 0.140. The highest BCUT2D eigenvalue weighted by Crippen LogP contribution is 2.31. The first kappa shape index (κ1) is 31.6. The van der Waals surface area contributed by atoms with Gasteiger partial charge >= 0.3 is 0 Å². The first-order valence-corrected chi connectivity index (χ1v) is 15.0. The summed E-state index contributed by atoms with van der Waals surface area (Å²) in [6, 6.07) is 17.7. The highest BCUT2D eigenvalue weighted by molar-refractivity contribution is 6.07. The van der Waals surface area contributed by atoms with E-state index < -0.39 is 11.5 Å². The van der Waals surface area contributed by atoms with Crippen molar-refractivity contribution in [3.8, 4) is 11.5 Å². The maximum absolute atomic E-state index is 13.3. The van der Waals surface area contributed by atoms with Gasteiger partial charge in [0.1, 0.15) is 12.2 Å². The minimum absolute atomic E-state index is 0.0669. The van der Waals surface area contributed by atoms with Crippen LogP contribution in [0, 0.1) is 6.92 Å². The van der Waals surface area contributed by atoms with Crippen LogP contribution in [-0.4, -0.2) is 74.8 Å². The second-order valence-electron chi connectivity index (χ2n) is 11.0. The summed E-state index contributed by atoms with van der Waals surface area (Å²) in [5, 5.41) is 6.35. The number of fused-ring (bicyclic) bond motifs is 1. The van der Waals surface area contributed by atoms with Crippen molar-refractivity contribution in [1.29, 1.82) is 0 Å². The highest BCUT2D eigenvalue weighted by Gasteiger charge is 2.17. The molecule has 0 saturated carbocycles. The number of methoxy groups -OCH3 is 1. The minimum Gasteiger partial charge on any atom is -0.493 e. The average molecular weight is 614 g/mol. The van der Waals surface area contributed by atoms with E-state index in [1.807, 2.05) is 31.2 Å². The van der Waals surface area contributed by atoms with Crippen LogP contribution >= 0.6 is 0 Å². The Morgan fingerprint density at radius 2 is 1.84 bits per heavy atom. The summed E-state index contributed by atoms with van der Waals surface area (Å²) in [5.74, 6) is 0.148. The molecule has 1 aromatic heterocycles. The van der Waals surface area contributed by atoms with Gasteiger partial charge in [0, 0.05) is 54.6 Å². The molecule has 1 aliphatic heterocycles. The number of nitrogens with zero attached hydrogens (tertiary/aromatic N) is 1. The molecule has 11 heteroatoms. The molecule has 2 heterocycles. The number of pyridine rings is 1. The summed E-state index contributed by atoms with van der Waals surface area (Å²) in [6.07, 6.45) is 1.54. The number of carbonyl (C=O) groups is 2. The second kappa shape index (κ2) is 14.7. The van der Waals surface area contributed by atoms with Crippen LogP contribution in [0.4, 0.5) is 11.4 Å². The fourth-order valence-corrected chi connectivity index (χ4v) is 5.20. The van der Waals surface area contributed by atoms with E-state index in [9.17, 15) is 14.4 Å². The molecular weight excluding hydrogens is 574 g/mol. The number of anilines is 2. The van der Waals surface area contributed by atoms with E-state index in [2.05, 4.69) is 20.5 Å². The molecule has 0 unspecified atom stereocenters. The van der Waals surface area contributed by atoms with Crippen molar-refractivity contribution in [2.45, 2.75) is 19.8 Å². The van der Waals surface area contributed by atoms with Gasteiger partial charge in [-0.05, 0) is 67.3 Å². The van der Waals surface area contributed by atoms with Crippen molar-refractivity contribution in [1.82, 2.24) is 15.2 Å². The predicted molar refractivity (Wildman–Crippen MR) is 175 cm³/mol. The molecule has 1 aliphatic rings. The van der Waals surface area contributed by atoms with Crippen LogP contribution in [-0.2, 0) is 11.2 Å². The standard InChI is InChI=1S/C34H39N5O6/c1-22-8-9-24(32(40)36-10-4-6-23-5-3-7-26(35)17-23)19-28(22)37-33(41)27-18-25-20-31(30(43-2)21-29(25)38-34(27)42)45-16-13-39-11-14-44-15-12-39/h3,5,7-9,17-21H,4,6,10-16,35H2,1-2H3,(H,36,40)(H,37,41)(H,38,42). The number of carbonyl (C=O) groups excluding carboxylic acids is 2. The largest absolute Gasteiger partial charge is 0.493 e. The normalized spacial score (nSPS) is 13.4. The molecule has 11 nitrogen and oxygen atoms in total. The lowest BCUT2D eigenvalue weighted by atomic mass is 10.1. The van der Waals surface area contributed by atoms with Crippen LogP contribution < -0.4 is 31.4 Å². The zero-order valence-electron chi connectivity index (χ0n) is 25.6. The molecule has 5 N–H and O–H groups in total. The first-order chi connectivity index (χ1) is 21.8. The van der Waals surface area contributed by atoms with E-state index in [1.165, 1.54) is 13.2 Å². The molecule has 4 aromatic rings. The number of amides is 2. The summed E-state index contributed by atoms with van der Waals surface area (Å²) in [7, 11) is 1.54. The highest BCUT2D eigenvalue weighted by atomic mass is 16.5. The third kappa shape index (κ3) is 8.20. The Hall–Kier alpha value is -4.87. The lowest BCUT2D eigenvalue weighted by Crippen LogP contribution is -2.38. The van der Waals surface area contributed by atoms with Gasteiger partial charge in [-0.25, -0.2) is 0 Å². The number of nitrogens with one attached hydrogen (secondary N) is 3. The number of hydrogen-bond donors (Lipinski definition) is 4. The summed E-state index contributed by atoms with van der Waals surface area (Å²) < 4.78 is 16.9. The Morgan fingerprint density at radius 1 is 1.02 bits per heavy atom. The molecule has 5 rings (SSSR count). The van der Waals surface area contributed by atoms with E-state index in [1.54, 1.807) is 30.3 Å². The van der Waals surface area contributed by atoms with E-state index in [0.717, 1.165) is 43.6 Å². The molecule has 2 amide bonds. The number of aromatic amines is 1. The number of aromatic nitrogens is 1. The second-order valence-corrected chi connectivity index (χ2v) is 11.0. The van der Waals surface area contributed by atoms with Gasteiger partial charge in [0.15, 0.2) is 11.5 Å². The first-order valence-electron chi connectivity index (χ1n) is 15.0. The van der Waals surface area contributed by atoms with Crippen LogP contribution in [0.1, 0.15) is 38.3 Å². The van der Waals surface area contributed by atoms with Crippen molar-refractivity contribution >= 4 is 34.1 Å². The molecule has 0 spiro atoms. The molecule has 0 aliphatic carbocycles. The number of benzene rings is 3. The van der Waals surface area contributed by atoms with Crippen LogP contribution in [0.15, 0.2) is 65.5 Å². The van der Waals surface area contributed by atoms with Gasteiger partial charge in [-0.15, -0.1) is 0 Å². The molecule has 0 radical (unpaired) electrons. The Bertz CT molecular complexity index is 1730. The number of nitrogen functional groups attached to an aromatic ring is 1. The zero-order valence-corrected chi connectivity index (χ0v) is 25.6. The van der Waals surface area contributed by atoms with E-state index in [4.69, 9.17) is 19.9 Å². The molecule has 1 fully saturated rings. The van der Waals surface area contributed by atoms with Gasteiger partial charge in [-0.1, -0.05) is 18.2 Å². The molecule has 3 aromatic carbocycles. The summed E-state index contributed by atoms with van der Waals surface area (Å²) >= 11 is 0. The molecular formula is C34H39N5O6. The maximum atomic E-state index is 13.3. The predicted octanol–water partition coefficient (Wildman–Crippen LogP) is 3.75.